The van der Waals surface area contributed by atoms with Gasteiger partial charge in [0.15, 0.2) is 0 Å². The average Bonchev–Trinajstić information content (AvgIpc) is 2.69. The fourth-order valence-corrected chi connectivity index (χ4v) is 3.52. The van der Waals surface area contributed by atoms with Crippen molar-refractivity contribution >= 4 is 11.8 Å². The molecule has 1 aromatic heterocycles. The maximum atomic E-state index is 12.8. The first-order valence-electron chi connectivity index (χ1n) is 9.47. The number of aliphatic hydroxyl groups excluding tert-OH is 1. The van der Waals surface area contributed by atoms with Crippen LogP contribution in [0.2, 0.25) is 0 Å². The fraction of sp³-hybridized carbons (Fsp3) is 0.381. The van der Waals surface area contributed by atoms with E-state index in [2.05, 4.69) is 10.6 Å². The number of aromatic nitrogens is 1. The van der Waals surface area contributed by atoms with Crippen LogP contribution in [0.3, 0.4) is 0 Å². The van der Waals surface area contributed by atoms with Crippen LogP contribution in [0.4, 0.5) is 0 Å². The van der Waals surface area contributed by atoms with Crippen LogP contribution in [0.25, 0.3) is 0 Å². The molecule has 0 unspecified atom stereocenters. The maximum absolute atomic E-state index is 12.8. The number of nitrogens with zero attached hydrogens (tertiary/aromatic N) is 1. The molecule has 0 spiro atoms. The lowest BCUT2D eigenvalue weighted by molar-refractivity contribution is 0.0849. The zero-order valence-electron chi connectivity index (χ0n) is 15.9. The largest absolute Gasteiger partial charge is 0.393 e. The lowest BCUT2D eigenvalue weighted by Crippen LogP contribution is -2.40. The fourth-order valence-electron chi connectivity index (χ4n) is 3.52. The lowest BCUT2D eigenvalue weighted by atomic mass is 9.93. The topological polar surface area (TPSA) is 100 Å². The third kappa shape index (κ3) is 4.67. The van der Waals surface area contributed by atoms with Gasteiger partial charge >= 0.3 is 0 Å². The van der Waals surface area contributed by atoms with Gasteiger partial charge in [0, 0.05) is 19.3 Å². The molecule has 7 nitrogen and oxygen atoms in total. The van der Waals surface area contributed by atoms with E-state index in [0.717, 1.165) is 24.8 Å². The summed E-state index contributed by atoms with van der Waals surface area (Å²) in [6.07, 6.45) is 3.98. The van der Waals surface area contributed by atoms with Crippen LogP contribution in [0.1, 0.15) is 52.0 Å². The van der Waals surface area contributed by atoms with Crippen molar-refractivity contribution in [3.63, 3.8) is 0 Å². The second-order valence-electron chi connectivity index (χ2n) is 7.13. The van der Waals surface area contributed by atoms with Crippen LogP contribution >= 0.6 is 0 Å². The van der Waals surface area contributed by atoms with Gasteiger partial charge in [0.1, 0.15) is 5.56 Å². The van der Waals surface area contributed by atoms with E-state index in [1.54, 1.807) is 0 Å². The van der Waals surface area contributed by atoms with Gasteiger partial charge in [0.25, 0.3) is 17.4 Å². The first-order chi connectivity index (χ1) is 13.5. The molecule has 148 valence electrons. The third-order valence-corrected chi connectivity index (χ3v) is 5.00. The first-order valence-corrected chi connectivity index (χ1v) is 9.47. The summed E-state index contributed by atoms with van der Waals surface area (Å²) in [5.41, 5.74) is 0.609. The Balaban J connectivity index is 1.91. The normalized spacial score (nSPS) is 19.1. The van der Waals surface area contributed by atoms with Crippen molar-refractivity contribution < 1.29 is 14.7 Å². The van der Waals surface area contributed by atoms with E-state index in [4.69, 9.17) is 0 Å². The van der Waals surface area contributed by atoms with E-state index in [0.29, 0.717) is 6.42 Å². The van der Waals surface area contributed by atoms with Crippen molar-refractivity contribution in [1.82, 2.24) is 15.2 Å². The lowest BCUT2D eigenvalue weighted by Gasteiger charge is -2.26. The number of hydrogen-bond acceptors (Lipinski definition) is 4. The number of rotatable bonds is 5. The maximum Gasteiger partial charge on any atom is 0.263 e. The molecule has 0 saturated heterocycles. The summed E-state index contributed by atoms with van der Waals surface area (Å²) in [6.45, 7) is 0.257. The Morgan fingerprint density at radius 3 is 2.61 bits per heavy atom. The number of pyridine rings is 1. The minimum Gasteiger partial charge on any atom is -0.393 e. The summed E-state index contributed by atoms with van der Waals surface area (Å²) >= 11 is 0. The molecule has 3 rings (SSSR count). The summed E-state index contributed by atoms with van der Waals surface area (Å²) in [5.74, 6) is -0.888. The Labute approximate surface area is 163 Å². The second kappa shape index (κ2) is 8.84. The van der Waals surface area contributed by atoms with Crippen LogP contribution in [-0.4, -0.2) is 40.7 Å². The van der Waals surface area contributed by atoms with Crippen LogP contribution in [0.15, 0.2) is 47.4 Å². The highest BCUT2D eigenvalue weighted by molar-refractivity contribution is 5.99. The Kier molecular flexibility index (Phi) is 6.26. The first kappa shape index (κ1) is 19.8. The van der Waals surface area contributed by atoms with E-state index in [1.807, 2.05) is 30.3 Å². The monoisotopic (exact) mass is 383 g/mol. The minimum atomic E-state index is -0.533. The SMILES string of the molecule is CNC(=O)c1cc(C(=O)N[C@H]2CCC[C@@H](O)C2)cn(Cc2ccccc2)c1=O. The molecule has 1 saturated carbocycles. The van der Waals surface area contributed by atoms with Gasteiger partial charge in [-0.1, -0.05) is 30.3 Å². The molecule has 1 aromatic carbocycles. The van der Waals surface area contributed by atoms with Gasteiger partial charge in [-0.25, -0.2) is 0 Å². The summed E-state index contributed by atoms with van der Waals surface area (Å²) in [6, 6.07) is 10.6. The Hall–Kier alpha value is -2.93. The third-order valence-electron chi connectivity index (χ3n) is 5.00. The zero-order chi connectivity index (χ0) is 20.1. The van der Waals surface area contributed by atoms with Crippen molar-refractivity contribution in [2.24, 2.45) is 0 Å². The Morgan fingerprint density at radius 1 is 1.18 bits per heavy atom. The number of hydrogen-bond donors (Lipinski definition) is 3. The number of benzene rings is 1. The quantitative estimate of drug-likeness (QED) is 0.724. The van der Waals surface area contributed by atoms with E-state index in [-0.39, 0.29) is 29.6 Å². The van der Waals surface area contributed by atoms with Crippen molar-refractivity contribution in [3.05, 3.63) is 69.6 Å². The highest BCUT2D eigenvalue weighted by atomic mass is 16.3. The predicted octanol–water partition coefficient (Wildman–Crippen LogP) is 1.29. The van der Waals surface area contributed by atoms with Crippen LogP contribution in [-0.2, 0) is 6.54 Å². The van der Waals surface area contributed by atoms with E-state index in [9.17, 15) is 19.5 Å². The zero-order valence-corrected chi connectivity index (χ0v) is 15.9. The number of aliphatic hydroxyl groups is 1. The van der Waals surface area contributed by atoms with Gasteiger partial charge < -0.3 is 20.3 Å². The highest BCUT2D eigenvalue weighted by Crippen LogP contribution is 2.18. The van der Waals surface area contributed by atoms with E-state index < -0.39 is 17.6 Å². The molecule has 2 atom stereocenters. The van der Waals surface area contributed by atoms with Crippen molar-refractivity contribution in [2.75, 3.05) is 7.05 Å². The van der Waals surface area contributed by atoms with Crippen LogP contribution in [0, 0.1) is 0 Å². The molecule has 3 N–H and O–H groups in total. The molecule has 1 aliphatic rings. The summed E-state index contributed by atoms with van der Waals surface area (Å²) in [7, 11) is 1.44. The van der Waals surface area contributed by atoms with Crippen molar-refractivity contribution in [2.45, 2.75) is 44.4 Å². The van der Waals surface area contributed by atoms with Gasteiger partial charge in [0.2, 0.25) is 0 Å². The minimum absolute atomic E-state index is 0.0743. The number of carbonyl (C=O) groups excluding carboxylic acids is 2. The van der Waals surface area contributed by atoms with Gasteiger partial charge in [-0.3, -0.25) is 14.4 Å². The molecule has 7 heteroatoms. The van der Waals surface area contributed by atoms with E-state index >= 15 is 0 Å². The predicted molar refractivity (Wildman–Crippen MR) is 105 cm³/mol. The molecular formula is C21H25N3O4. The number of nitrogens with one attached hydrogen (secondary N) is 2. The smallest absolute Gasteiger partial charge is 0.263 e. The van der Waals surface area contributed by atoms with Gasteiger partial charge in [0.05, 0.1) is 18.2 Å². The standard InChI is InChI=1S/C21H25N3O4/c1-22-20(27)18-10-15(19(26)23-16-8-5-9-17(25)11-16)13-24(21(18)28)12-14-6-3-2-4-7-14/h2-4,6-7,10,13,16-17,25H,5,8-9,11-12H2,1H3,(H,22,27)(H,23,26)/t16-,17+/m0/s1. The molecule has 0 bridgehead atoms. The molecule has 28 heavy (non-hydrogen) atoms. The van der Waals surface area contributed by atoms with Gasteiger partial charge in [-0.15, -0.1) is 0 Å². The van der Waals surface area contributed by atoms with Gasteiger partial charge in [-0.05, 0) is 37.3 Å². The van der Waals surface area contributed by atoms with Crippen LogP contribution < -0.4 is 16.2 Å². The molecule has 1 heterocycles. The van der Waals surface area contributed by atoms with Crippen molar-refractivity contribution in [3.8, 4) is 0 Å². The summed E-state index contributed by atoms with van der Waals surface area (Å²) in [4.78, 5) is 37.6. The molecule has 1 fully saturated rings. The second-order valence-corrected chi connectivity index (χ2v) is 7.13. The molecule has 2 amide bonds. The molecule has 0 aliphatic heterocycles. The van der Waals surface area contributed by atoms with Gasteiger partial charge in [-0.2, -0.15) is 0 Å². The van der Waals surface area contributed by atoms with E-state index in [1.165, 1.54) is 23.9 Å². The Morgan fingerprint density at radius 2 is 1.93 bits per heavy atom. The number of amides is 2. The molecule has 2 aromatic rings. The Bertz CT molecular complexity index is 908. The molecule has 0 radical (unpaired) electrons. The average molecular weight is 383 g/mol. The number of carbonyl (C=O) groups is 2. The summed E-state index contributed by atoms with van der Waals surface area (Å²) < 4.78 is 1.38. The highest BCUT2D eigenvalue weighted by Gasteiger charge is 2.23. The molecule has 1 aliphatic carbocycles. The van der Waals surface area contributed by atoms with Crippen molar-refractivity contribution in [1.29, 1.82) is 0 Å². The molecular weight excluding hydrogens is 358 g/mol. The van der Waals surface area contributed by atoms with Crippen LogP contribution in [0.5, 0.6) is 0 Å². The summed E-state index contributed by atoms with van der Waals surface area (Å²) in [5, 5.41) is 15.2.